The van der Waals surface area contributed by atoms with Crippen molar-refractivity contribution in [1.29, 1.82) is 0 Å². The summed E-state index contributed by atoms with van der Waals surface area (Å²) in [7, 11) is 2.02. The normalized spacial score (nSPS) is 24.2. The second kappa shape index (κ2) is 6.11. The van der Waals surface area contributed by atoms with Crippen LogP contribution in [0.15, 0.2) is 24.3 Å². The van der Waals surface area contributed by atoms with E-state index < -0.39 is 0 Å². The van der Waals surface area contributed by atoms with Crippen LogP contribution in [-0.2, 0) is 9.31 Å². The van der Waals surface area contributed by atoms with E-state index >= 15 is 0 Å². The highest BCUT2D eigenvalue weighted by atomic mass is 16.6. The van der Waals surface area contributed by atoms with Gasteiger partial charge in [0.2, 0.25) is 0 Å². The molecule has 1 aromatic carbocycles. The zero-order valence-corrected chi connectivity index (χ0v) is 13.5. The Morgan fingerprint density at radius 2 is 1.62 bits per heavy atom. The first-order valence-electron chi connectivity index (χ1n) is 8.05. The van der Waals surface area contributed by atoms with Crippen molar-refractivity contribution in [3.63, 3.8) is 0 Å². The molecule has 2 aliphatic rings. The van der Waals surface area contributed by atoms with Crippen LogP contribution < -0.4 is 5.46 Å². The average molecular weight is 287 g/mol. The van der Waals surface area contributed by atoms with E-state index in [9.17, 15) is 0 Å². The second-order valence-corrected chi connectivity index (χ2v) is 7.36. The number of hydrogen-bond donors (Lipinski definition) is 0. The number of likely N-dealkylation sites (tertiary alicyclic amines) is 1. The zero-order valence-electron chi connectivity index (χ0n) is 13.5. The molecule has 0 saturated carbocycles. The topological polar surface area (TPSA) is 21.7 Å². The largest absolute Gasteiger partial charge is 0.493 e. The van der Waals surface area contributed by atoms with Gasteiger partial charge in [0.1, 0.15) is 0 Å². The van der Waals surface area contributed by atoms with Gasteiger partial charge in [0, 0.05) is 18.6 Å². The van der Waals surface area contributed by atoms with Crippen molar-refractivity contribution in [3.05, 3.63) is 29.8 Å². The van der Waals surface area contributed by atoms with Crippen LogP contribution in [0.25, 0.3) is 0 Å². The zero-order chi connectivity index (χ0) is 14.9. The van der Waals surface area contributed by atoms with Crippen LogP contribution in [0.3, 0.4) is 0 Å². The molecule has 0 spiro atoms. The van der Waals surface area contributed by atoms with Crippen LogP contribution in [0.1, 0.15) is 38.2 Å². The summed E-state index contributed by atoms with van der Waals surface area (Å²) in [5.41, 5.74) is 2.73. The van der Waals surface area contributed by atoms with Gasteiger partial charge in [0.25, 0.3) is 0 Å². The number of nitrogens with zero attached hydrogens (tertiary/aromatic N) is 1. The Bertz CT molecular complexity index is 456. The number of hydrogen-bond acceptors (Lipinski definition) is 3. The molecule has 0 radical (unpaired) electrons. The Morgan fingerprint density at radius 3 is 2.19 bits per heavy atom. The number of piperidine rings is 1. The molecule has 0 aromatic heterocycles. The van der Waals surface area contributed by atoms with Crippen LogP contribution >= 0.6 is 0 Å². The van der Waals surface area contributed by atoms with E-state index in [0.717, 1.165) is 18.7 Å². The Kier molecular flexibility index (Phi) is 4.39. The molecule has 3 nitrogen and oxygen atoms in total. The molecule has 2 saturated heterocycles. The molecule has 0 unspecified atom stereocenters. The fourth-order valence-electron chi connectivity index (χ4n) is 3.15. The molecule has 2 aliphatic heterocycles. The summed E-state index contributed by atoms with van der Waals surface area (Å²) in [4.78, 5) is 2.41. The van der Waals surface area contributed by atoms with Crippen LogP contribution in [-0.4, -0.2) is 45.4 Å². The molecule has 4 heteroatoms. The van der Waals surface area contributed by atoms with Crippen molar-refractivity contribution in [2.24, 2.45) is 5.41 Å². The minimum absolute atomic E-state index is 0.130. The highest BCUT2D eigenvalue weighted by molar-refractivity contribution is 6.61. The lowest BCUT2D eigenvalue weighted by molar-refractivity contribution is 0.0343. The van der Waals surface area contributed by atoms with Gasteiger partial charge >= 0.3 is 7.12 Å². The molecule has 0 atom stereocenters. The Labute approximate surface area is 128 Å². The van der Waals surface area contributed by atoms with E-state index in [1.54, 1.807) is 0 Å². The molecule has 0 aliphatic carbocycles. The second-order valence-electron chi connectivity index (χ2n) is 7.36. The summed E-state index contributed by atoms with van der Waals surface area (Å²) in [6, 6.07) is 8.88. The van der Waals surface area contributed by atoms with Crippen LogP contribution in [0.2, 0.25) is 0 Å². The van der Waals surface area contributed by atoms with E-state index in [4.69, 9.17) is 9.31 Å². The maximum absolute atomic E-state index is 5.85. The van der Waals surface area contributed by atoms with E-state index in [0.29, 0.717) is 5.92 Å². The third kappa shape index (κ3) is 3.68. The molecule has 0 bridgehead atoms. The third-order valence-electron chi connectivity index (χ3n) is 4.65. The molecular weight excluding hydrogens is 261 g/mol. The fourth-order valence-corrected chi connectivity index (χ4v) is 3.15. The van der Waals surface area contributed by atoms with Crippen molar-refractivity contribution >= 4 is 12.6 Å². The molecule has 0 N–H and O–H groups in total. The standard InChI is InChI=1S/C17H26BNO2/c1-17(2)12-20-18(21-13-17)16-6-4-14(5-7-16)15-8-10-19(3)11-9-15/h4-7,15H,8-13H2,1-3H3. The van der Waals surface area contributed by atoms with Gasteiger partial charge in [-0.3, -0.25) is 0 Å². The predicted octanol–water partition coefficient (Wildman–Crippen LogP) is 2.26. The molecule has 114 valence electrons. The lowest BCUT2D eigenvalue weighted by Gasteiger charge is -2.33. The Balaban J connectivity index is 1.62. The van der Waals surface area contributed by atoms with Gasteiger partial charge in [-0.2, -0.15) is 0 Å². The van der Waals surface area contributed by atoms with Gasteiger partial charge in [-0.05, 0) is 49.9 Å². The first-order chi connectivity index (χ1) is 10.0. The highest BCUT2D eigenvalue weighted by Gasteiger charge is 2.33. The van der Waals surface area contributed by atoms with E-state index in [2.05, 4.69) is 50.1 Å². The Morgan fingerprint density at radius 1 is 1.05 bits per heavy atom. The summed E-state index contributed by atoms with van der Waals surface area (Å²) in [6.07, 6.45) is 2.53. The molecule has 0 amide bonds. The predicted molar refractivity (Wildman–Crippen MR) is 87.0 cm³/mol. The van der Waals surface area contributed by atoms with Crippen LogP contribution in [0.4, 0.5) is 0 Å². The third-order valence-corrected chi connectivity index (χ3v) is 4.65. The van der Waals surface area contributed by atoms with Gasteiger partial charge in [-0.15, -0.1) is 0 Å². The summed E-state index contributed by atoms with van der Waals surface area (Å²) in [5, 5.41) is 0. The van der Waals surface area contributed by atoms with Gasteiger partial charge in [0.15, 0.2) is 0 Å². The maximum Gasteiger partial charge on any atom is 0.493 e. The highest BCUT2D eigenvalue weighted by Crippen LogP contribution is 2.27. The van der Waals surface area contributed by atoms with Crippen molar-refractivity contribution in [2.45, 2.75) is 32.6 Å². The van der Waals surface area contributed by atoms with Gasteiger partial charge in [0.05, 0.1) is 0 Å². The molecule has 21 heavy (non-hydrogen) atoms. The lowest BCUT2D eigenvalue weighted by Crippen LogP contribution is -2.47. The van der Waals surface area contributed by atoms with Crippen molar-refractivity contribution in [3.8, 4) is 0 Å². The smallest absolute Gasteiger partial charge is 0.407 e. The van der Waals surface area contributed by atoms with Gasteiger partial charge in [-0.1, -0.05) is 38.1 Å². The van der Waals surface area contributed by atoms with E-state index in [1.807, 2.05) is 0 Å². The summed E-state index contributed by atoms with van der Waals surface area (Å²) in [6.45, 7) is 8.27. The minimum Gasteiger partial charge on any atom is -0.407 e. The first-order valence-corrected chi connectivity index (χ1v) is 8.05. The van der Waals surface area contributed by atoms with Gasteiger partial charge < -0.3 is 14.2 Å². The van der Waals surface area contributed by atoms with Gasteiger partial charge in [-0.25, -0.2) is 0 Å². The lowest BCUT2D eigenvalue weighted by atomic mass is 9.75. The monoisotopic (exact) mass is 287 g/mol. The van der Waals surface area contributed by atoms with Crippen molar-refractivity contribution in [1.82, 2.24) is 4.90 Å². The number of benzene rings is 1. The van der Waals surface area contributed by atoms with E-state index in [1.165, 1.54) is 31.5 Å². The SMILES string of the molecule is CN1CCC(c2ccc(B3OCC(C)(C)CO3)cc2)CC1. The molecule has 2 fully saturated rings. The molecule has 3 rings (SSSR count). The quantitative estimate of drug-likeness (QED) is 0.779. The molecule has 1 aromatic rings. The summed E-state index contributed by atoms with van der Waals surface area (Å²) < 4.78 is 11.7. The number of rotatable bonds is 2. The van der Waals surface area contributed by atoms with Crippen LogP contribution in [0, 0.1) is 5.41 Å². The average Bonchev–Trinajstić information content (AvgIpc) is 2.48. The fraction of sp³-hybridized carbons (Fsp3) is 0.647. The minimum atomic E-state index is -0.190. The molecular formula is C17H26BNO2. The summed E-state index contributed by atoms with van der Waals surface area (Å²) in [5.74, 6) is 0.711. The Hall–Kier alpha value is -0.835. The maximum atomic E-state index is 5.85. The molecule has 2 heterocycles. The van der Waals surface area contributed by atoms with Crippen LogP contribution in [0.5, 0.6) is 0 Å². The van der Waals surface area contributed by atoms with E-state index in [-0.39, 0.29) is 12.5 Å². The first kappa shape index (κ1) is 15.1. The van der Waals surface area contributed by atoms with Crippen molar-refractivity contribution in [2.75, 3.05) is 33.4 Å². The van der Waals surface area contributed by atoms with Crippen molar-refractivity contribution < 1.29 is 9.31 Å². The summed E-state index contributed by atoms with van der Waals surface area (Å²) >= 11 is 0.